The third-order valence-electron chi connectivity index (χ3n) is 3.36. The third kappa shape index (κ3) is 4.84. The monoisotopic (exact) mass is 326 g/mol. The molecule has 2 aromatic rings. The van der Waals surface area contributed by atoms with Crippen LogP contribution in [0, 0.1) is 5.92 Å². The van der Waals surface area contributed by atoms with E-state index < -0.39 is 0 Å². The highest BCUT2D eigenvalue weighted by Gasteiger charge is 2.09. The van der Waals surface area contributed by atoms with Crippen LogP contribution in [0.1, 0.15) is 31.1 Å². The number of amides is 2. The summed E-state index contributed by atoms with van der Waals surface area (Å²) in [6, 6.07) is 14.0. The molecule has 0 atom stereocenters. The molecule has 2 aromatic carbocycles. The van der Waals surface area contributed by atoms with E-state index in [0.29, 0.717) is 23.5 Å². The molecule has 2 N–H and O–H groups in total. The van der Waals surface area contributed by atoms with E-state index in [1.54, 1.807) is 36.4 Å². The topological polar surface area (TPSA) is 67.4 Å². The first-order valence-corrected chi connectivity index (χ1v) is 7.94. The minimum atomic E-state index is -0.208. The Morgan fingerprint density at radius 1 is 0.917 bits per heavy atom. The second-order valence-corrected chi connectivity index (χ2v) is 5.63. The highest BCUT2D eigenvalue weighted by Crippen LogP contribution is 2.17. The van der Waals surface area contributed by atoms with Crippen molar-refractivity contribution in [2.75, 3.05) is 17.2 Å². The minimum absolute atomic E-state index is 0.0541. The summed E-state index contributed by atoms with van der Waals surface area (Å²) in [6.07, 6.45) is 0. The minimum Gasteiger partial charge on any atom is -0.494 e. The smallest absolute Gasteiger partial charge is 0.255 e. The molecule has 2 rings (SSSR count). The fraction of sp³-hybridized carbons (Fsp3) is 0.263. The largest absolute Gasteiger partial charge is 0.494 e. The predicted molar refractivity (Wildman–Crippen MR) is 95.5 cm³/mol. The first-order valence-electron chi connectivity index (χ1n) is 7.94. The summed E-state index contributed by atoms with van der Waals surface area (Å²) in [5.41, 5.74) is 1.89. The van der Waals surface area contributed by atoms with Crippen LogP contribution in [0.3, 0.4) is 0 Å². The molecule has 0 radical (unpaired) electrons. The van der Waals surface area contributed by atoms with E-state index in [2.05, 4.69) is 10.6 Å². The van der Waals surface area contributed by atoms with Crippen LogP contribution in [0.15, 0.2) is 48.5 Å². The molecule has 0 heterocycles. The first-order chi connectivity index (χ1) is 11.5. The zero-order valence-electron chi connectivity index (χ0n) is 14.1. The lowest BCUT2D eigenvalue weighted by Gasteiger charge is -2.09. The summed E-state index contributed by atoms with van der Waals surface area (Å²) in [5.74, 6) is 0.413. The van der Waals surface area contributed by atoms with Crippen LogP contribution in [0.2, 0.25) is 0 Å². The van der Waals surface area contributed by atoms with E-state index in [1.165, 1.54) is 0 Å². The highest BCUT2D eigenvalue weighted by molar-refractivity contribution is 6.04. The zero-order valence-corrected chi connectivity index (χ0v) is 14.1. The molecule has 0 fully saturated rings. The summed E-state index contributed by atoms with van der Waals surface area (Å²) in [5, 5.41) is 5.61. The van der Waals surface area contributed by atoms with Gasteiger partial charge in [-0.05, 0) is 55.5 Å². The van der Waals surface area contributed by atoms with Gasteiger partial charge in [-0.25, -0.2) is 0 Å². The van der Waals surface area contributed by atoms with Crippen molar-refractivity contribution in [1.82, 2.24) is 0 Å². The number of nitrogens with one attached hydrogen (secondary N) is 2. The van der Waals surface area contributed by atoms with Crippen LogP contribution in [0.5, 0.6) is 5.75 Å². The lowest BCUT2D eigenvalue weighted by molar-refractivity contribution is -0.118. The maximum atomic E-state index is 12.2. The quantitative estimate of drug-likeness (QED) is 0.845. The molecular formula is C19H22N2O3. The molecule has 0 saturated heterocycles. The summed E-state index contributed by atoms with van der Waals surface area (Å²) in [7, 11) is 0. The first kappa shape index (κ1) is 17.5. The average Bonchev–Trinajstić information content (AvgIpc) is 2.57. The summed E-state index contributed by atoms with van der Waals surface area (Å²) >= 11 is 0. The Kier molecular flexibility index (Phi) is 5.95. The van der Waals surface area contributed by atoms with E-state index in [-0.39, 0.29) is 17.7 Å². The molecule has 0 aliphatic heterocycles. The Balaban J connectivity index is 1.98. The Morgan fingerprint density at radius 3 is 2.00 bits per heavy atom. The van der Waals surface area contributed by atoms with Crippen molar-refractivity contribution < 1.29 is 14.3 Å². The fourth-order valence-corrected chi connectivity index (χ4v) is 2.00. The Morgan fingerprint density at radius 2 is 1.46 bits per heavy atom. The molecule has 0 saturated carbocycles. The molecule has 0 bridgehead atoms. The van der Waals surface area contributed by atoms with E-state index in [1.807, 2.05) is 32.9 Å². The number of carbonyl (C=O) groups excluding carboxylic acids is 2. The maximum Gasteiger partial charge on any atom is 0.255 e. The lowest BCUT2D eigenvalue weighted by atomic mass is 10.1. The van der Waals surface area contributed by atoms with Gasteiger partial charge in [0.2, 0.25) is 5.91 Å². The molecule has 0 aliphatic carbocycles. The van der Waals surface area contributed by atoms with Gasteiger partial charge in [0, 0.05) is 22.9 Å². The molecule has 5 heteroatoms. The van der Waals surface area contributed by atoms with Gasteiger partial charge < -0.3 is 15.4 Å². The van der Waals surface area contributed by atoms with Crippen molar-refractivity contribution in [3.05, 3.63) is 54.1 Å². The van der Waals surface area contributed by atoms with Crippen molar-refractivity contribution in [2.24, 2.45) is 5.92 Å². The Bertz CT molecular complexity index is 692. The van der Waals surface area contributed by atoms with Gasteiger partial charge in [-0.2, -0.15) is 0 Å². The highest BCUT2D eigenvalue weighted by atomic mass is 16.5. The zero-order chi connectivity index (χ0) is 17.5. The van der Waals surface area contributed by atoms with E-state index in [4.69, 9.17) is 4.74 Å². The summed E-state index contributed by atoms with van der Waals surface area (Å²) in [6.45, 7) is 6.18. The molecule has 0 unspecified atom stereocenters. The van der Waals surface area contributed by atoms with E-state index in [0.717, 1.165) is 5.75 Å². The number of rotatable bonds is 6. The third-order valence-corrected chi connectivity index (χ3v) is 3.36. The molecule has 5 nitrogen and oxygen atoms in total. The second-order valence-electron chi connectivity index (χ2n) is 5.63. The molecule has 2 amide bonds. The normalized spacial score (nSPS) is 10.3. The van der Waals surface area contributed by atoms with Crippen molar-refractivity contribution in [2.45, 2.75) is 20.8 Å². The standard InChI is InChI=1S/C19H22N2O3/c1-4-24-17-11-9-16(10-12-17)21-19(23)14-5-7-15(8-6-14)20-18(22)13(2)3/h5-13H,4H2,1-3H3,(H,20,22)(H,21,23). The van der Waals surface area contributed by atoms with Gasteiger partial charge in [-0.1, -0.05) is 13.8 Å². The molecule has 24 heavy (non-hydrogen) atoms. The number of ether oxygens (including phenoxy) is 1. The number of benzene rings is 2. The van der Waals surface area contributed by atoms with Gasteiger partial charge in [0.05, 0.1) is 6.61 Å². The van der Waals surface area contributed by atoms with E-state index >= 15 is 0 Å². The van der Waals surface area contributed by atoms with Crippen molar-refractivity contribution in [3.63, 3.8) is 0 Å². The molecular weight excluding hydrogens is 304 g/mol. The van der Waals surface area contributed by atoms with Crippen LogP contribution >= 0.6 is 0 Å². The SMILES string of the molecule is CCOc1ccc(NC(=O)c2ccc(NC(=O)C(C)C)cc2)cc1. The van der Waals surface area contributed by atoms with Crippen molar-refractivity contribution >= 4 is 23.2 Å². The van der Waals surface area contributed by atoms with Crippen molar-refractivity contribution in [1.29, 1.82) is 0 Å². The van der Waals surface area contributed by atoms with Gasteiger partial charge in [-0.15, -0.1) is 0 Å². The molecule has 0 aromatic heterocycles. The van der Waals surface area contributed by atoms with Crippen LogP contribution in [-0.4, -0.2) is 18.4 Å². The maximum absolute atomic E-state index is 12.2. The van der Waals surface area contributed by atoms with Crippen LogP contribution in [0.25, 0.3) is 0 Å². The van der Waals surface area contributed by atoms with Gasteiger partial charge in [-0.3, -0.25) is 9.59 Å². The van der Waals surface area contributed by atoms with Gasteiger partial charge in [0.25, 0.3) is 5.91 Å². The summed E-state index contributed by atoms with van der Waals surface area (Å²) in [4.78, 5) is 23.9. The van der Waals surface area contributed by atoms with Crippen LogP contribution < -0.4 is 15.4 Å². The van der Waals surface area contributed by atoms with E-state index in [9.17, 15) is 9.59 Å². The lowest BCUT2D eigenvalue weighted by Crippen LogP contribution is -2.18. The van der Waals surface area contributed by atoms with Gasteiger partial charge in [0.15, 0.2) is 0 Å². The molecule has 0 spiro atoms. The average molecular weight is 326 g/mol. The van der Waals surface area contributed by atoms with Crippen molar-refractivity contribution in [3.8, 4) is 5.75 Å². The Hall–Kier alpha value is -2.82. The second kappa shape index (κ2) is 8.15. The number of hydrogen-bond acceptors (Lipinski definition) is 3. The number of carbonyl (C=O) groups is 2. The fourth-order valence-electron chi connectivity index (χ4n) is 2.00. The molecule has 126 valence electrons. The van der Waals surface area contributed by atoms with Gasteiger partial charge in [0.1, 0.15) is 5.75 Å². The Labute approximate surface area is 142 Å². The number of anilines is 2. The van der Waals surface area contributed by atoms with Crippen LogP contribution in [0.4, 0.5) is 11.4 Å². The predicted octanol–water partition coefficient (Wildman–Crippen LogP) is 3.93. The summed E-state index contributed by atoms with van der Waals surface area (Å²) < 4.78 is 5.36. The van der Waals surface area contributed by atoms with Gasteiger partial charge >= 0.3 is 0 Å². The number of hydrogen-bond donors (Lipinski definition) is 2. The molecule has 0 aliphatic rings. The van der Waals surface area contributed by atoms with Crippen LogP contribution in [-0.2, 0) is 4.79 Å².